The van der Waals surface area contributed by atoms with E-state index in [-0.39, 0.29) is 24.1 Å². The number of hydrogen-bond acceptors (Lipinski definition) is 4. The molecule has 2 aliphatic rings. The van der Waals surface area contributed by atoms with Gasteiger partial charge >= 0.3 is 0 Å². The van der Waals surface area contributed by atoms with E-state index in [1.165, 1.54) is 10.7 Å². The van der Waals surface area contributed by atoms with Gasteiger partial charge in [0.2, 0.25) is 15.9 Å². The summed E-state index contributed by atoms with van der Waals surface area (Å²) in [5, 5.41) is 3.03. The van der Waals surface area contributed by atoms with Crippen LogP contribution in [0.4, 0.5) is 0 Å². The molecule has 0 spiro atoms. The van der Waals surface area contributed by atoms with Crippen molar-refractivity contribution in [1.82, 2.24) is 9.62 Å². The number of sulfonamides is 1. The van der Waals surface area contributed by atoms with E-state index in [9.17, 15) is 13.2 Å². The summed E-state index contributed by atoms with van der Waals surface area (Å²) in [5.41, 5.74) is 5.74. The van der Waals surface area contributed by atoms with Crippen molar-refractivity contribution in [3.8, 4) is 0 Å². The fourth-order valence-corrected chi connectivity index (χ4v) is 4.66. The van der Waals surface area contributed by atoms with Crippen LogP contribution in [0.15, 0.2) is 0 Å². The van der Waals surface area contributed by atoms with Crippen LogP contribution in [-0.4, -0.2) is 50.1 Å². The predicted molar refractivity (Wildman–Crippen MR) is 77.5 cm³/mol. The van der Waals surface area contributed by atoms with Crippen molar-refractivity contribution in [3.63, 3.8) is 0 Å². The van der Waals surface area contributed by atoms with Crippen LogP contribution >= 0.6 is 0 Å². The van der Waals surface area contributed by atoms with Crippen LogP contribution in [0.2, 0.25) is 0 Å². The average molecular weight is 303 g/mol. The number of hydrogen-bond donors (Lipinski definition) is 2. The summed E-state index contributed by atoms with van der Waals surface area (Å²) in [5.74, 6) is 0.521. The van der Waals surface area contributed by atoms with E-state index in [1.54, 1.807) is 0 Å². The number of carbonyl (C=O) groups excluding carboxylic acids is 1. The second kappa shape index (κ2) is 6.87. The van der Waals surface area contributed by atoms with E-state index in [1.807, 2.05) is 0 Å². The molecule has 20 heavy (non-hydrogen) atoms. The molecule has 1 amide bonds. The van der Waals surface area contributed by atoms with Crippen LogP contribution in [0.3, 0.4) is 0 Å². The van der Waals surface area contributed by atoms with Gasteiger partial charge in [0.15, 0.2) is 0 Å². The van der Waals surface area contributed by atoms with Crippen molar-refractivity contribution in [3.05, 3.63) is 0 Å². The van der Waals surface area contributed by atoms with Crippen LogP contribution in [0, 0.1) is 5.92 Å². The van der Waals surface area contributed by atoms with E-state index in [0.717, 1.165) is 19.3 Å². The van der Waals surface area contributed by atoms with E-state index in [2.05, 4.69) is 5.32 Å². The molecule has 7 heteroatoms. The van der Waals surface area contributed by atoms with Gasteiger partial charge in [-0.25, -0.2) is 12.7 Å². The van der Waals surface area contributed by atoms with Gasteiger partial charge in [-0.15, -0.1) is 0 Å². The van der Waals surface area contributed by atoms with Gasteiger partial charge < -0.3 is 11.1 Å². The molecule has 1 saturated carbocycles. The first-order valence-electron chi connectivity index (χ1n) is 7.50. The molecule has 2 atom stereocenters. The zero-order chi connectivity index (χ0) is 14.6. The quantitative estimate of drug-likeness (QED) is 0.750. The third-order valence-corrected chi connectivity index (χ3v) is 6.31. The Morgan fingerprint density at radius 2 is 2.00 bits per heavy atom. The van der Waals surface area contributed by atoms with Gasteiger partial charge in [0.25, 0.3) is 0 Å². The van der Waals surface area contributed by atoms with E-state index in [0.29, 0.717) is 32.0 Å². The maximum Gasteiger partial charge on any atom is 0.221 e. The lowest BCUT2D eigenvalue weighted by Gasteiger charge is -2.31. The van der Waals surface area contributed by atoms with Crippen molar-refractivity contribution in [2.24, 2.45) is 11.7 Å². The molecule has 6 nitrogen and oxygen atoms in total. The lowest BCUT2D eigenvalue weighted by atomic mass is 9.84. The number of nitrogens with two attached hydrogens (primary N) is 1. The third-order valence-electron chi connectivity index (χ3n) is 4.35. The second-order valence-electron chi connectivity index (χ2n) is 5.77. The van der Waals surface area contributed by atoms with Crippen molar-refractivity contribution in [2.45, 2.75) is 44.6 Å². The summed E-state index contributed by atoms with van der Waals surface area (Å²) < 4.78 is 24.7. The number of amides is 1. The SMILES string of the molecule is NCC1CCCCC1NC(=O)CCN1CCCS1(=O)=O. The Kier molecular flexibility index (Phi) is 5.40. The molecule has 0 aromatic heterocycles. The van der Waals surface area contributed by atoms with Crippen molar-refractivity contribution in [2.75, 3.05) is 25.4 Å². The smallest absolute Gasteiger partial charge is 0.221 e. The molecular weight excluding hydrogens is 278 g/mol. The molecule has 3 N–H and O–H groups in total. The van der Waals surface area contributed by atoms with Gasteiger partial charge in [0.1, 0.15) is 0 Å². The zero-order valence-electron chi connectivity index (χ0n) is 11.9. The Morgan fingerprint density at radius 1 is 1.25 bits per heavy atom. The minimum atomic E-state index is -3.10. The van der Waals surface area contributed by atoms with Gasteiger partial charge in [0.05, 0.1) is 5.75 Å². The van der Waals surface area contributed by atoms with Gasteiger partial charge in [-0.1, -0.05) is 12.8 Å². The maximum atomic E-state index is 12.0. The second-order valence-corrected chi connectivity index (χ2v) is 7.86. The Morgan fingerprint density at radius 3 is 2.65 bits per heavy atom. The monoisotopic (exact) mass is 303 g/mol. The molecule has 116 valence electrons. The molecule has 1 saturated heterocycles. The summed E-state index contributed by atoms with van der Waals surface area (Å²) in [6.45, 7) is 1.45. The van der Waals surface area contributed by atoms with Crippen molar-refractivity contribution >= 4 is 15.9 Å². The normalized spacial score (nSPS) is 30.2. The molecule has 0 aromatic carbocycles. The maximum absolute atomic E-state index is 12.0. The highest BCUT2D eigenvalue weighted by Gasteiger charge is 2.29. The molecule has 0 radical (unpaired) electrons. The van der Waals surface area contributed by atoms with Crippen molar-refractivity contribution < 1.29 is 13.2 Å². The van der Waals surface area contributed by atoms with Crippen LogP contribution in [0.5, 0.6) is 0 Å². The minimum Gasteiger partial charge on any atom is -0.353 e. The molecule has 2 unspecified atom stereocenters. The number of nitrogens with zero attached hydrogens (tertiary/aromatic N) is 1. The first-order valence-corrected chi connectivity index (χ1v) is 9.11. The Balaban J connectivity index is 1.77. The van der Waals surface area contributed by atoms with Crippen LogP contribution in [-0.2, 0) is 14.8 Å². The lowest BCUT2D eigenvalue weighted by Crippen LogP contribution is -2.45. The van der Waals surface area contributed by atoms with Gasteiger partial charge in [-0.2, -0.15) is 0 Å². The van der Waals surface area contributed by atoms with Crippen LogP contribution in [0.25, 0.3) is 0 Å². The Hall–Kier alpha value is -0.660. The average Bonchev–Trinajstić information content (AvgIpc) is 2.76. The van der Waals surface area contributed by atoms with E-state index >= 15 is 0 Å². The molecule has 2 fully saturated rings. The highest BCUT2D eigenvalue weighted by molar-refractivity contribution is 7.89. The highest BCUT2D eigenvalue weighted by Crippen LogP contribution is 2.23. The summed E-state index contributed by atoms with van der Waals surface area (Å²) in [6.07, 6.45) is 5.27. The largest absolute Gasteiger partial charge is 0.353 e. The Labute approximate surface area is 121 Å². The molecule has 1 aliphatic heterocycles. The Bertz CT molecular complexity index is 438. The molecular formula is C13H25N3O3S. The topological polar surface area (TPSA) is 92.5 Å². The number of nitrogens with one attached hydrogen (secondary N) is 1. The van der Waals surface area contributed by atoms with Crippen LogP contribution in [0.1, 0.15) is 38.5 Å². The number of carbonyl (C=O) groups is 1. The summed E-state index contributed by atoms with van der Waals surface area (Å²) in [4.78, 5) is 12.0. The summed E-state index contributed by atoms with van der Waals surface area (Å²) >= 11 is 0. The molecule has 2 rings (SSSR count). The summed E-state index contributed by atoms with van der Waals surface area (Å²) in [7, 11) is -3.10. The lowest BCUT2D eigenvalue weighted by molar-refractivity contribution is -0.122. The molecule has 1 aliphatic carbocycles. The van der Waals surface area contributed by atoms with Gasteiger partial charge in [0, 0.05) is 25.6 Å². The fourth-order valence-electron chi connectivity index (χ4n) is 3.13. The number of rotatable bonds is 5. The molecule has 1 heterocycles. The van der Waals surface area contributed by atoms with Crippen molar-refractivity contribution in [1.29, 1.82) is 0 Å². The first-order chi connectivity index (χ1) is 9.53. The standard InChI is InChI=1S/C13H25N3O3S/c14-10-11-4-1-2-5-12(11)15-13(17)6-8-16-7-3-9-20(16,18)19/h11-12H,1-10,14H2,(H,15,17). The van der Waals surface area contributed by atoms with Gasteiger partial charge in [-0.3, -0.25) is 4.79 Å². The predicted octanol–water partition coefficient (Wildman–Crippen LogP) is 0.0457. The fraction of sp³-hybridized carbons (Fsp3) is 0.923. The first kappa shape index (κ1) is 15.7. The van der Waals surface area contributed by atoms with Gasteiger partial charge in [-0.05, 0) is 31.7 Å². The van der Waals surface area contributed by atoms with E-state index < -0.39 is 10.0 Å². The zero-order valence-corrected chi connectivity index (χ0v) is 12.7. The highest BCUT2D eigenvalue weighted by atomic mass is 32.2. The third kappa shape index (κ3) is 3.93. The van der Waals surface area contributed by atoms with E-state index in [4.69, 9.17) is 5.73 Å². The minimum absolute atomic E-state index is 0.0579. The molecule has 0 bridgehead atoms. The summed E-state index contributed by atoms with van der Waals surface area (Å²) in [6, 6.07) is 0.163. The molecule has 0 aromatic rings. The van der Waals surface area contributed by atoms with Crippen LogP contribution < -0.4 is 11.1 Å².